The highest BCUT2D eigenvalue weighted by Crippen LogP contribution is 2.35. The molecule has 1 aromatic rings. The lowest BCUT2D eigenvalue weighted by Gasteiger charge is -2.38. The van der Waals surface area contributed by atoms with Crippen LogP contribution in [0.1, 0.15) is 50.6 Å². The molecule has 3 rings (SSSR count). The van der Waals surface area contributed by atoms with E-state index in [1.807, 2.05) is 18.2 Å². The van der Waals surface area contributed by atoms with Crippen LogP contribution < -0.4 is 5.32 Å². The zero-order valence-electron chi connectivity index (χ0n) is 17.4. The van der Waals surface area contributed by atoms with Crippen LogP contribution in [0.25, 0.3) is 0 Å². The maximum atomic E-state index is 13.0. The number of hydrogen-bond acceptors (Lipinski definition) is 4. The number of carbonyl (C=O) groups is 2. The maximum absolute atomic E-state index is 13.0. The number of halogens is 1. The van der Waals surface area contributed by atoms with E-state index in [-0.39, 0.29) is 12.6 Å². The molecule has 1 unspecified atom stereocenters. The molecular weight excluding hydrogens is 390 g/mol. The standard InChI is InChI=1S/C22H30ClN3O3/c1-4-29-21(27)19-18(14-25(2)15-10-6-5-7-11-15)26(3)22(28)24-20(19)16-12-8-9-13-17(16)23/h8-9,12-13,15,20H,4-7,10-11,14H2,1-3H3,(H,24,28). The van der Waals surface area contributed by atoms with Gasteiger partial charge in [0.15, 0.2) is 0 Å². The first-order chi connectivity index (χ1) is 13.9. The van der Waals surface area contributed by atoms with Gasteiger partial charge in [-0.15, -0.1) is 0 Å². The smallest absolute Gasteiger partial charge is 0.338 e. The van der Waals surface area contributed by atoms with E-state index >= 15 is 0 Å². The van der Waals surface area contributed by atoms with Crippen molar-refractivity contribution in [1.29, 1.82) is 0 Å². The van der Waals surface area contributed by atoms with E-state index < -0.39 is 12.0 Å². The average molecular weight is 420 g/mol. The Morgan fingerprint density at radius 3 is 2.62 bits per heavy atom. The highest BCUT2D eigenvalue weighted by Gasteiger charge is 2.38. The molecule has 1 N–H and O–H groups in total. The van der Waals surface area contributed by atoms with Crippen LogP contribution in [0.4, 0.5) is 4.79 Å². The maximum Gasteiger partial charge on any atom is 0.338 e. The molecule has 7 heteroatoms. The third-order valence-corrected chi connectivity index (χ3v) is 6.23. The van der Waals surface area contributed by atoms with Gasteiger partial charge in [0.1, 0.15) is 0 Å². The summed E-state index contributed by atoms with van der Waals surface area (Å²) in [5, 5.41) is 3.42. The SMILES string of the molecule is CCOC(=O)C1=C(CN(C)C2CCCCC2)N(C)C(=O)NC1c1ccccc1Cl. The van der Waals surface area contributed by atoms with Crippen molar-refractivity contribution in [3.05, 3.63) is 46.1 Å². The topological polar surface area (TPSA) is 61.9 Å². The molecule has 0 spiro atoms. The van der Waals surface area contributed by atoms with Gasteiger partial charge in [0, 0.05) is 30.4 Å². The third-order valence-electron chi connectivity index (χ3n) is 5.89. The Morgan fingerprint density at radius 2 is 1.97 bits per heavy atom. The van der Waals surface area contributed by atoms with Gasteiger partial charge in [-0.3, -0.25) is 9.80 Å². The molecule has 1 aromatic carbocycles. The summed E-state index contributed by atoms with van der Waals surface area (Å²) in [6, 6.07) is 6.84. The van der Waals surface area contributed by atoms with Crippen LogP contribution in [-0.2, 0) is 9.53 Å². The first-order valence-electron chi connectivity index (χ1n) is 10.3. The summed E-state index contributed by atoms with van der Waals surface area (Å²) in [7, 11) is 3.76. The molecule has 1 aliphatic heterocycles. The molecule has 29 heavy (non-hydrogen) atoms. The number of ether oxygens (including phenoxy) is 1. The number of carbonyl (C=O) groups excluding carboxylic acids is 2. The summed E-state index contributed by atoms with van der Waals surface area (Å²) in [5.74, 6) is -0.420. The van der Waals surface area contributed by atoms with Gasteiger partial charge in [0.05, 0.1) is 18.2 Å². The molecule has 0 aromatic heterocycles. The molecule has 6 nitrogen and oxygen atoms in total. The average Bonchev–Trinajstić information content (AvgIpc) is 2.72. The monoisotopic (exact) mass is 419 g/mol. The normalized spacial score (nSPS) is 20.8. The van der Waals surface area contributed by atoms with E-state index in [0.29, 0.717) is 34.4 Å². The fourth-order valence-electron chi connectivity index (χ4n) is 4.23. The number of benzene rings is 1. The van der Waals surface area contributed by atoms with Gasteiger partial charge in [-0.05, 0) is 38.4 Å². The van der Waals surface area contributed by atoms with E-state index in [0.717, 1.165) is 12.8 Å². The van der Waals surface area contributed by atoms with Crippen LogP contribution in [0.2, 0.25) is 5.02 Å². The number of esters is 1. The summed E-state index contributed by atoms with van der Waals surface area (Å²) in [6.07, 6.45) is 6.00. The number of hydrogen-bond donors (Lipinski definition) is 1. The van der Waals surface area contributed by atoms with Crippen molar-refractivity contribution in [1.82, 2.24) is 15.1 Å². The Balaban J connectivity index is 2.03. The first-order valence-corrected chi connectivity index (χ1v) is 10.7. The van der Waals surface area contributed by atoms with Gasteiger partial charge < -0.3 is 10.1 Å². The fraction of sp³-hybridized carbons (Fsp3) is 0.545. The van der Waals surface area contributed by atoms with Gasteiger partial charge >= 0.3 is 12.0 Å². The number of urea groups is 1. The molecule has 0 saturated heterocycles. The lowest BCUT2D eigenvalue weighted by Crippen LogP contribution is -2.50. The van der Waals surface area contributed by atoms with Crippen molar-refractivity contribution in [2.45, 2.75) is 51.1 Å². The van der Waals surface area contributed by atoms with Crippen LogP contribution in [0.5, 0.6) is 0 Å². The molecule has 1 aliphatic carbocycles. The molecule has 0 bridgehead atoms. The molecule has 2 aliphatic rings. The minimum absolute atomic E-state index is 0.255. The Labute approximate surface area is 177 Å². The molecule has 158 valence electrons. The van der Waals surface area contributed by atoms with E-state index in [1.165, 1.54) is 24.2 Å². The second-order valence-electron chi connectivity index (χ2n) is 7.75. The molecule has 1 atom stereocenters. The Hall–Kier alpha value is -2.05. The van der Waals surface area contributed by atoms with Crippen LogP contribution >= 0.6 is 11.6 Å². The van der Waals surface area contributed by atoms with Gasteiger partial charge in [0.2, 0.25) is 0 Å². The summed E-state index contributed by atoms with van der Waals surface area (Å²) < 4.78 is 5.38. The molecule has 1 fully saturated rings. The number of likely N-dealkylation sites (N-methyl/N-ethyl adjacent to an activating group) is 2. The fourth-order valence-corrected chi connectivity index (χ4v) is 4.47. The van der Waals surface area contributed by atoms with Crippen LogP contribution in [0.3, 0.4) is 0 Å². The minimum atomic E-state index is -0.638. The van der Waals surface area contributed by atoms with Gasteiger partial charge in [-0.1, -0.05) is 49.1 Å². The lowest BCUT2D eigenvalue weighted by atomic mass is 9.92. The van der Waals surface area contributed by atoms with E-state index in [1.54, 1.807) is 20.0 Å². The summed E-state index contributed by atoms with van der Waals surface area (Å²) >= 11 is 6.41. The number of nitrogens with zero attached hydrogens (tertiary/aromatic N) is 2. The van der Waals surface area contributed by atoms with E-state index in [4.69, 9.17) is 16.3 Å². The Kier molecular flexibility index (Phi) is 7.19. The van der Waals surface area contributed by atoms with Crippen molar-refractivity contribution in [2.24, 2.45) is 0 Å². The van der Waals surface area contributed by atoms with Crippen molar-refractivity contribution in [2.75, 3.05) is 27.2 Å². The summed E-state index contributed by atoms with van der Waals surface area (Å²) in [4.78, 5) is 29.5. The first kappa shape index (κ1) is 21.7. The quantitative estimate of drug-likeness (QED) is 0.704. The Bertz CT molecular complexity index is 789. The van der Waals surface area contributed by atoms with E-state index in [9.17, 15) is 9.59 Å². The number of rotatable bonds is 6. The van der Waals surface area contributed by atoms with Crippen LogP contribution in [0, 0.1) is 0 Å². The molecule has 1 saturated carbocycles. The highest BCUT2D eigenvalue weighted by molar-refractivity contribution is 6.31. The zero-order chi connectivity index (χ0) is 21.0. The van der Waals surface area contributed by atoms with E-state index in [2.05, 4.69) is 17.3 Å². The predicted octanol–water partition coefficient (Wildman–Crippen LogP) is 4.12. The summed E-state index contributed by atoms with van der Waals surface area (Å²) in [5.41, 5.74) is 1.81. The van der Waals surface area contributed by atoms with Crippen LogP contribution in [-0.4, -0.2) is 55.1 Å². The van der Waals surface area contributed by atoms with Gasteiger partial charge in [-0.25, -0.2) is 9.59 Å². The minimum Gasteiger partial charge on any atom is -0.463 e. The van der Waals surface area contributed by atoms with Crippen molar-refractivity contribution < 1.29 is 14.3 Å². The highest BCUT2D eigenvalue weighted by atomic mass is 35.5. The largest absolute Gasteiger partial charge is 0.463 e. The van der Waals surface area contributed by atoms with Crippen molar-refractivity contribution >= 4 is 23.6 Å². The molecule has 1 heterocycles. The molecule has 2 amide bonds. The number of nitrogens with one attached hydrogen (secondary N) is 1. The Morgan fingerprint density at radius 1 is 1.28 bits per heavy atom. The zero-order valence-corrected chi connectivity index (χ0v) is 18.2. The van der Waals surface area contributed by atoms with Gasteiger partial charge in [0.25, 0.3) is 0 Å². The predicted molar refractivity (Wildman–Crippen MR) is 114 cm³/mol. The molecular formula is C22H30ClN3O3. The van der Waals surface area contributed by atoms with Crippen LogP contribution in [0.15, 0.2) is 35.5 Å². The van der Waals surface area contributed by atoms with Crippen molar-refractivity contribution in [3.63, 3.8) is 0 Å². The summed E-state index contributed by atoms with van der Waals surface area (Å²) in [6.45, 7) is 2.55. The second-order valence-corrected chi connectivity index (χ2v) is 8.16. The lowest BCUT2D eigenvalue weighted by molar-refractivity contribution is -0.139. The third kappa shape index (κ3) is 4.75. The van der Waals surface area contributed by atoms with Gasteiger partial charge in [-0.2, -0.15) is 0 Å². The second kappa shape index (κ2) is 9.63. The number of amides is 2. The molecule has 0 radical (unpaired) electrons. The van der Waals surface area contributed by atoms with Crippen molar-refractivity contribution in [3.8, 4) is 0 Å².